The van der Waals surface area contributed by atoms with Gasteiger partial charge < -0.3 is 15.2 Å². The molecule has 0 aromatic heterocycles. The first-order chi connectivity index (χ1) is 9.22. The van der Waals surface area contributed by atoms with Gasteiger partial charge >= 0.3 is 0 Å². The second-order valence-electron chi connectivity index (χ2n) is 5.39. The fourth-order valence-corrected chi connectivity index (χ4v) is 3.15. The Labute approximate surface area is 116 Å². The molecule has 1 aromatic carbocycles. The van der Waals surface area contributed by atoms with Crippen LogP contribution in [-0.2, 0) is 0 Å². The van der Waals surface area contributed by atoms with Crippen LogP contribution in [0.5, 0.6) is 11.5 Å². The van der Waals surface area contributed by atoms with E-state index < -0.39 is 0 Å². The third-order valence-electron chi connectivity index (χ3n) is 4.41. The van der Waals surface area contributed by atoms with Crippen LogP contribution in [0.3, 0.4) is 0 Å². The van der Waals surface area contributed by atoms with Gasteiger partial charge in [-0.1, -0.05) is 12.5 Å². The van der Waals surface area contributed by atoms with Gasteiger partial charge in [0.1, 0.15) is 11.5 Å². The Bertz CT molecular complexity index is 427. The predicted molar refractivity (Wildman–Crippen MR) is 78.0 cm³/mol. The van der Waals surface area contributed by atoms with E-state index in [9.17, 15) is 0 Å². The molecular weight excluding hydrogens is 238 g/mol. The molecule has 1 aromatic rings. The molecule has 3 nitrogen and oxygen atoms in total. The Kier molecular flexibility index (Phi) is 4.70. The number of hydrogen-bond acceptors (Lipinski definition) is 3. The first-order valence-electron chi connectivity index (χ1n) is 7.14. The molecule has 2 rings (SSSR count). The topological polar surface area (TPSA) is 44.5 Å². The molecule has 0 amide bonds. The number of nitrogens with two attached hydrogens (primary N) is 1. The molecule has 1 aliphatic carbocycles. The summed E-state index contributed by atoms with van der Waals surface area (Å²) >= 11 is 0. The Morgan fingerprint density at radius 3 is 2.47 bits per heavy atom. The third kappa shape index (κ3) is 2.71. The van der Waals surface area contributed by atoms with E-state index in [2.05, 4.69) is 19.1 Å². The average Bonchev–Trinajstić information content (AvgIpc) is 2.35. The lowest BCUT2D eigenvalue weighted by Crippen LogP contribution is -2.23. The van der Waals surface area contributed by atoms with Gasteiger partial charge in [-0.2, -0.15) is 0 Å². The van der Waals surface area contributed by atoms with Crippen LogP contribution >= 0.6 is 0 Å². The minimum absolute atomic E-state index is 0.526. The molecule has 1 fully saturated rings. The van der Waals surface area contributed by atoms with Crippen LogP contribution in [0.1, 0.15) is 42.7 Å². The van der Waals surface area contributed by atoms with Gasteiger partial charge in [0.05, 0.1) is 14.2 Å². The van der Waals surface area contributed by atoms with Gasteiger partial charge in [0, 0.05) is 5.56 Å². The van der Waals surface area contributed by atoms with Crippen molar-refractivity contribution in [2.45, 2.75) is 38.5 Å². The van der Waals surface area contributed by atoms with Crippen LogP contribution in [0.15, 0.2) is 12.1 Å². The van der Waals surface area contributed by atoms with Crippen LogP contribution in [0.2, 0.25) is 0 Å². The van der Waals surface area contributed by atoms with E-state index >= 15 is 0 Å². The van der Waals surface area contributed by atoms with Crippen molar-refractivity contribution < 1.29 is 9.47 Å². The minimum atomic E-state index is 0.526. The van der Waals surface area contributed by atoms with Crippen LogP contribution in [-0.4, -0.2) is 20.8 Å². The molecule has 0 radical (unpaired) electrons. The van der Waals surface area contributed by atoms with E-state index in [1.54, 1.807) is 14.2 Å². The standard InChI is InChI=1S/C16H25NO2/c1-11-15(18-2)8-7-14(16(11)19-3)13(9-10-17)12-5-4-6-12/h7-8,12-13H,4-6,9-10,17H2,1-3H3. The van der Waals surface area contributed by atoms with E-state index in [1.807, 2.05) is 0 Å². The highest BCUT2D eigenvalue weighted by Gasteiger charge is 2.30. The lowest BCUT2D eigenvalue weighted by Gasteiger charge is -2.35. The molecule has 0 heterocycles. The van der Waals surface area contributed by atoms with E-state index in [4.69, 9.17) is 15.2 Å². The summed E-state index contributed by atoms with van der Waals surface area (Å²) in [6.45, 7) is 2.79. The maximum absolute atomic E-state index is 5.80. The first-order valence-corrected chi connectivity index (χ1v) is 7.14. The van der Waals surface area contributed by atoms with Gasteiger partial charge in [-0.15, -0.1) is 0 Å². The minimum Gasteiger partial charge on any atom is -0.496 e. The zero-order valence-electron chi connectivity index (χ0n) is 12.2. The van der Waals surface area contributed by atoms with E-state index in [-0.39, 0.29) is 0 Å². The monoisotopic (exact) mass is 263 g/mol. The van der Waals surface area contributed by atoms with Gasteiger partial charge in [-0.25, -0.2) is 0 Å². The van der Waals surface area contributed by atoms with Crippen LogP contribution in [0.4, 0.5) is 0 Å². The molecule has 3 heteroatoms. The van der Waals surface area contributed by atoms with E-state index in [1.165, 1.54) is 24.8 Å². The van der Waals surface area contributed by atoms with Gasteiger partial charge in [0.15, 0.2) is 0 Å². The number of ether oxygens (including phenoxy) is 2. The van der Waals surface area contributed by atoms with Gasteiger partial charge in [0.25, 0.3) is 0 Å². The van der Waals surface area contributed by atoms with Crippen molar-refractivity contribution in [1.82, 2.24) is 0 Å². The SMILES string of the molecule is COc1ccc(C(CCN)C2CCC2)c(OC)c1C. The summed E-state index contributed by atoms with van der Waals surface area (Å²) < 4.78 is 11.0. The maximum atomic E-state index is 5.80. The zero-order chi connectivity index (χ0) is 13.8. The van der Waals surface area contributed by atoms with Crippen molar-refractivity contribution in [3.8, 4) is 11.5 Å². The lowest BCUT2D eigenvalue weighted by atomic mass is 9.71. The Morgan fingerprint density at radius 2 is 2.00 bits per heavy atom. The molecule has 0 spiro atoms. The molecule has 1 atom stereocenters. The van der Waals surface area contributed by atoms with Crippen LogP contribution in [0, 0.1) is 12.8 Å². The van der Waals surface area contributed by atoms with Gasteiger partial charge in [-0.3, -0.25) is 0 Å². The molecule has 1 saturated carbocycles. The van der Waals surface area contributed by atoms with Crippen molar-refractivity contribution in [2.24, 2.45) is 11.7 Å². The van der Waals surface area contributed by atoms with Crippen molar-refractivity contribution in [1.29, 1.82) is 0 Å². The van der Waals surface area contributed by atoms with Crippen molar-refractivity contribution in [3.05, 3.63) is 23.3 Å². The molecule has 19 heavy (non-hydrogen) atoms. The third-order valence-corrected chi connectivity index (χ3v) is 4.41. The van der Waals surface area contributed by atoms with Crippen molar-refractivity contribution in [3.63, 3.8) is 0 Å². The molecule has 0 bridgehead atoms. The summed E-state index contributed by atoms with van der Waals surface area (Å²) in [7, 11) is 3.44. The number of benzene rings is 1. The first kappa shape index (κ1) is 14.2. The van der Waals surface area contributed by atoms with Crippen molar-refractivity contribution >= 4 is 0 Å². The van der Waals surface area contributed by atoms with E-state index in [0.29, 0.717) is 5.92 Å². The molecule has 0 aliphatic heterocycles. The maximum Gasteiger partial charge on any atom is 0.128 e. The van der Waals surface area contributed by atoms with Gasteiger partial charge in [0.2, 0.25) is 0 Å². The Hall–Kier alpha value is -1.22. The van der Waals surface area contributed by atoms with Crippen molar-refractivity contribution in [2.75, 3.05) is 20.8 Å². The highest BCUT2D eigenvalue weighted by atomic mass is 16.5. The van der Waals surface area contributed by atoms with Crippen LogP contribution in [0.25, 0.3) is 0 Å². The smallest absolute Gasteiger partial charge is 0.128 e. The highest BCUT2D eigenvalue weighted by Crippen LogP contribution is 2.45. The summed E-state index contributed by atoms with van der Waals surface area (Å²) in [5.41, 5.74) is 8.19. The quantitative estimate of drug-likeness (QED) is 0.857. The van der Waals surface area contributed by atoms with E-state index in [0.717, 1.165) is 35.9 Å². The Balaban J connectivity index is 2.37. The zero-order valence-corrected chi connectivity index (χ0v) is 12.2. The summed E-state index contributed by atoms with van der Waals surface area (Å²) in [6, 6.07) is 4.21. The summed E-state index contributed by atoms with van der Waals surface area (Å²) in [5, 5.41) is 0. The lowest BCUT2D eigenvalue weighted by molar-refractivity contribution is 0.248. The normalized spacial score (nSPS) is 16.8. The molecular formula is C16H25NO2. The molecule has 1 unspecified atom stereocenters. The largest absolute Gasteiger partial charge is 0.496 e. The Morgan fingerprint density at radius 1 is 1.26 bits per heavy atom. The molecule has 2 N–H and O–H groups in total. The number of hydrogen-bond donors (Lipinski definition) is 1. The summed E-state index contributed by atoms with van der Waals surface area (Å²) in [5.74, 6) is 3.16. The summed E-state index contributed by atoms with van der Waals surface area (Å²) in [4.78, 5) is 0. The fraction of sp³-hybridized carbons (Fsp3) is 0.625. The van der Waals surface area contributed by atoms with Crippen LogP contribution < -0.4 is 15.2 Å². The number of rotatable bonds is 6. The molecule has 106 valence electrons. The summed E-state index contributed by atoms with van der Waals surface area (Å²) in [6.07, 6.45) is 5.02. The fourth-order valence-electron chi connectivity index (χ4n) is 3.15. The second-order valence-corrected chi connectivity index (χ2v) is 5.39. The molecule has 0 saturated heterocycles. The molecule has 1 aliphatic rings. The average molecular weight is 263 g/mol. The highest BCUT2D eigenvalue weighted by molar-refractivity contribution is 5.51. The number of methoxy groups -OCH3 is 2. The predicted octanol–water partition coefficient (Wildman–Crippen LogP) is 3.24. The second kappa shape index (κ2) is 6.29. The van der Waals surface area contributed by atoms with Gasteiger partial charge in [-0.05, 0) is 56.2 Å².